The molecule has 0 aliphatic carbocycles. The number of fused-ring (bicyclic) bond motifs is 2. The summed E-state index contributed by atoms with van der Waals surface area (Å²) in [5, 5.41) is 2.86. The summed E-state index contributed by atoms with van der Waals surface area (Å²) in [5.74, 6) is -0.135. The summed E-state index contributed by atoms with van der Waals surface area (Å²) in [4.78, 5) is 31.2. The summed E-state index contributed by atoms with van der Waals surface area (Å²) in [5.41, 5.74) is 1.44. The van der Waals surface area contributed by atoms with Crippen LogP contribution in [0.1, 0.15) is 43.1 Å². The van der Waals surface area contributed by atoms with E-state index in [9.17, 15) is 18.0 Å². The summed E-state index contributed by atoms with van der Waals surface area (Å²) in [6, 6.07) is 9.84. The Kier molecular flexibility index (Phi) is 6.45. The summed E-state index contributed by atoms with van der Waals surface area (Å²) in [6.45, 7) is 6.93. The van der Waals surface area contributed by atoms with Crippen LogP contribution in [0.25, 0.3) is 5.65 Å². The third-order valence-electron chi connectivity index (χ3n) is 6.81. The Morgan fingerprint density at radius 3 is 2.59 bits per heavy atom. The number of carbonyl (C=O) groups is 2. The molecule has 2 aliphatic heterocycles. The van der Waals surface area contributed by atoms with E-state index in [1.807, 2.05) is 20.8 Å². The zero-order valence-electron chi connectivity index (χ0n) is 21.1. The summed E-state index contributed by atoms with van der Waals surface area (Å²) in [6.07, 6.45) is 5.51. The number of nitrogens with one attached hydrogen (secondary N) is 1. The van der Waals surface area contributed by atoms with Gasteiger partial charge in [0.2, 0.25) is 10.0 Å². The summed E-state index contributed by atoms with van der Waals surface area (Å²) < 4.78 is 35.4. The Bertz CT molecular complexity index is 1430. The second kappa shape index (κ2) is 9.46. The van der Waals surface area contributed by atoms with Crippen molar-refractivity contribution in [2.45, 2.75) is 50.3 Å². The zero-order valence-corrected chi connectivity index (χ0v) is 21.9. The first kappa shape index (κ1) is 25.2. The Morgan fingerprint density at radius 1 is 1.11 bits per heavy atom. The molecule has 2 aliphatic rings. The van der Waals surface area contributed by atoms with E-state index in [1.54, 1.807) is 64.3 Å². The molecule has 2 atom stereocenters. The summed E-state index contributed by atoms with van der Waals surface area (Å²) >= 11 is 0. The number of sulfonamides is 1. The predicted octanol–water partition coefficient (Wildman–Crippen LogP) is 2.89. The maximum atomic E-state index is 13.3. The number of nitrogens with zero attached hydrogens (tertiary/aromatic N) is 4. The van der Waals surface area contributed by atoms with Crippen LogP contribution in [0, 0.1) is 5.92 Å². The van der Waals surface area contributed by atoms with E-state index in [0.29, 0.717) is 18.7 Å². The average molecular weight is 526 g/mol. The van der Waals surface area contributed by atoms with E-state index >= 15 is 0 Å². The highest BCUT2D eigenvalue weighted by atomic mass is 32.2. The van der Waals surface area contributed by atoms with Crippen LogP contribution in [0.4, 0.5) is 4.79 Å². The van der Waals surface area contributed by atoms with Gasteiger partial charge in [-0.05, 0) is 62.9 Å². The minimum absolute atomic E-state index is 0.0957. The molecular formula is C26H31N5O5S. The fraction of sp³-hybridized carbons (Fsp3) is 0.423. The molecule has 196 valence electrons. The molecular weight excluding hydrogens is 494 g/mol. The second-order valence-corrected chi connectivity index (χ2v) is 12.5. The van der Waals surface area contributed by atoms with E-state index in [2.05, 4.69) is 10.3 Å². The SMILES string of the molecule is CC(C)(C)OC(=O)N1CCC2CN(S(=O)(=O)c3ccc(CNC(=O)c4ccc5nccn5c4)cc3)CC21. The molecule has 0 spiro atoms. The Balaban J connectivity index is 1.20. The lowest BCUT2D eigenvalue weighted by molar-refractivity contribution is 0.0223. The quantitative estimate of drug-likeness (QED) is 0.548. The number of carbonyl (C=O) groups excluding carboxylic acids is 2. The van der Waals surface area contributed by atoms with Crippen molar-refractivity contribution >= 4 is 27.7 Å². The number of benzene rings is 1. The van der Waals surface area contributed by atoms with Crippen molar-refractivity contribution in [2.24, 2.45) is 5.92 Å². The Labute approximate surface area is 216 Å². The summed E-state index contributed by atoms with van der Waals surface area (Å²) in [7, 11) is -3.71. The number of hydrogen-bond donors (Lipinski definition) is 1. The van der Waals surface area contributed by atoms with Gasteiger partial charge >= 0.3 is 6.09 Å². The standard InChI is InChI=1S/C26H31N5O5S/c1-26(2,3)36-25(33)31-12-10-19-16-30(17-22(19)31)37(34,35)21-7-4-18(5-8-21)14-28-24(32)20-6-9-23-27-11-13-29(23)15-20/h4-9,11,13,15,19,22H,10,12,14,16-17H2,1-3H3,(H,28,32). The number of amides is 2. The number of pyridine rings is 1. The molecule has 0 bridgehead atoms. The van der Waals surface area contributed by atoms with Crippen LogP contribution in [-0.4, -0.2) is 70.3 Å². The normalized spacial score (nSPS) is 20.2. The van der Waals surface area contributed by atoms with Gasteiger partial charge < -0.3 is 19.4 Å². The van der Waals surface area contributed by atoms with Crippen molar-refractivity contribution in [3.63, 3.8) is 0 Å². The van der Waals surface area contributed by atoms with Crippen LogP contribution >= 0.6 is 0 Å². The van der Waals surface area contributed by atoms with Gasteiger partial charge in [0.1, 0.15) is 11.2 Å². The molecule has 3 aromatic rings. The molecule has 2 saturated heterocycles. The predicted molar refractivity (Wildman–Crippen MR) is 136 cm³/mol. The maximum absolute atomic E-state index is 13.3. The van der Waals surface area contributed by atoms with Crippen molar-refractivity contribution in [2.75, 3.05) is 19.6 Å². The molecule has 0 radical (unpaired) electrons. The largest absolute Gasteiger partial charge is 0.444 e. The van der Waals surface area contributed by atoms with Crippen LogP contribution in [0.15, 0.2) is 59.9 Å². The number of aromatic nitrogens is 2. The highest BCUT2D eigenvalue weighted by molar-refractivity contribution is 7.89. The zero-order chi connectivity index (χ0) is 26.4. The molecule has 10 nitrogen and oxygen atoms in total. The smallest absolute Gasteiger partial charge is 0.410 e. The van der Waals surface area contributed by atoms with E-state index in [0.717, 1.165) is 17.6 Å². The van der Waals surface area contributed by atoms with Crippen molar-refractivity contribution in [1.29, 1.82) is 0 Å². The second-order valence-electron chi connectivity index (χ2n) is 10.5. The number of likely N-dealkylation sites (tertiary alicyclic amines) is 1. The third-order valence-corrected chi connectivity index (χ3v) is 8.65. The highest BCUT2D eigenvalue weighted by Gasteiger charge is 2.47. The third kappa shape index (κ3) is 5.19. The lowest BCUT2D eigenvalue weighted by atomic mass is 10.1. The molecule has 2 fully saturated rings. The van der Waals surface area contributed by atoms with Gasteiger partial charge in [0.05, 0.1) is 16.5 Å². The van der Waals surface area contributed by atoms with Gasteiger partial charge in [-0.2, -0.15) is 4.31 Å². The number of rotatable bonds is 5. The molecule has 37 heavy (non-hydrogen) atoms. The lowest BCUT2D eigenvalue weighted by Crippen LogP contribution is -2.43. The molecule has 2 aromatic heterocycles. The maximum Gasteiger partial charge on any atom is 0.410 e. The topological polar surface area (TPSA) is 113 Å². The molecule has 2 unspecified atom stereocenters. The minimum Gasteiger partial charge on any atom is -0.444 e. The van der Waals surface area contributed by atoms with Gasteiger partial charge in [0.15, 0.2) is 0 Å². The first-order valence-electron chi connectivity index (χ1n) is 12.3. The molecule has 1 aromatic carbocycles. The van der Waals surface area contributed by atoms with Crippen LogP contribution in [0.2, 0.25) is 0 Å². The van der Waals surface area contributed by atoms with Gasteiger partial charge in [0.25, 0.3) is 5.91 Å². The number of hydrogen-bond acceptors (Lipinski definition) is 6. The fourth-order valence-electron chi connectivity index (χ4n) is 4.93. The molecule has 4 heterocycles. The van der Waals surface area contributed by atoms with Crippen LogP contribution in [-0.2, 0) is 21.3 Å². The van der Waals surface area contributed by atoms with E-state index in [4.69, 9.17) is 4.74 Å². The molecule has 5 rings (SSSR count). The molecule has 2 amide bonds. The van der Waals surface area contributed by atoms with Crippen molar-refractivity contribution in [3.8, 4) is 0 Å². The minimum atomic E-state index is -3.71. The first-order valence-corrected chi connectivity index (χ1v) is 13.7. The van der Waals surface area contributed by atoms with Crippen molar-refractivity contribution < 1.29 is 22.7 Å². The highest BCUT2D eigenvalue weighted by Crippen LogP contribution is 2.35. The van der Waals surface area contributed by atoms with Crippen molar-refractivity contribution in [1.82, 2.24) is 23.9 Å². The van der Waals surface area contributed by atoms with Crippen molar-refractivity contribution in [3.05, 3.63) is 66.1 Å². The van der Waals surface area contributed by atoms with Gasteiger partial charge in [-0.1, -0.05) is 12.1 Å². The molecule has 1 N–H and O–H groups in total. The number of ether oxygens (including phenoxy) is 1. The average Bonchev–Trinajstić information content (AvgIpc) is 3.57. The number of imidazole rings is 1. The first-order chi connectivity index (χ1) is 17.5. The lowest BCUT2D eigenvalue weighted by Gasteiger charge is -2.28. The van der Waals surface area contributed by atoms with Crippen LogP contribution in [0.5, 0.6) is 0 Å². The van der Waals surface area contributed by atoms with Gasteiger partial charge in [-0.3, -0.25) is 4.79 Å². The Morgan fingerprint density at radius 2 is 1.86 bits per heavy atom. The Hall–Kier alpha value is -3.44. The fourth-order valence-corrected chi connectivity index (χ4v) is 6.45. The van der Waals surface area contributed by atoms with E-state index < -0.39 is 21.7 Å². The molecule has 11 heteroatoms. The van der Waals surface area contributed by atoms with Crippen LogP contribution < -0.4 is 5.32 Å². The molecule has 0 saturated carbocycles. The van der Waals surface area contributed by atoms with E-state index in [1.165, 1.54) is 4.31 Å². The monoisotopic (exact) mass is 525 g/mol. The van der Waals surface area contributed by atoms with Crippen LogP contribution in [0.3, 0.4) is 0 Å². The van der Waals surface area contributed by atoms with Gasteiger partial charge in [0, 0.05) is 44.8 Å². The van der Waals surface area contributed by atoms with Gasteiger partial charge in [-0.25, -0.2) is 18.2 Å². The van der Waals surface area contributed by atoms with E-state index in [-0.39, 0.29) is 35.9 Å². The van der Waals surface area contributed by atoms with Gasteiger partial charge in [-0.15, -0.1) is 0 Å².